The van der Waals surface area contributed by atoms with Crippen LogP contribution in [0.4, 0.5) is 0 Å². The van der Waals surface area contributed by atoms with Crippen molar-refractivity contribution in [1.82, 2.24) is 15.5 Å². The minimum absolute atomic E-state index is 0.0134. The molecule has 1 aromatic carbocycles. The van der Waals surface area contributed by atoms with E-state index in [0.29, 0.717) is 13.0 Å². The van der Waals surface area contributed by atoms with Crippen molar-refractivity contribution in [3.63, 3.8) is 0 Å². The predicted octanol–water partition coefficient (Wildman–Crippen LogP) is 3.46. The van der Waals surface area contributed by atoms with Crippen LogP contribution in [-0.4, -0.2) is 59.0 Å². The van der Waals surface area contributed by atoms with Crippen LogP contribution in [0.5, 0.6) is 0 Å². The highest BCUT2D eigenvalue weighted by Crippen LogP contribution is 2.32. The van der Waals surface area contributed by atoms with Crippen molar-refractivity contribution in [3.8, 4) is 0 Å². The minimum atomic E-state index is -0.601. The third-order valence-corrected chi connectivity index (χ3v) is 6.33. The van der Waals surface area contributed by atoms with E-state index in [0.717, 1.165) is 19.3 Å². The molecule has 1 aromatic rings. The lowest BCUT2D eigenvalue weighted by atomic mass is 9.83. The highest BCUT2D eigenvalue weighted by atomic mass is 16.6. The SMILES string of the molecule is CCC[C@@H](C(C)NC(C)=O)[C@H](Cc1ccccc1)N1CC(NC(C)=O)CC1C(=O)OC(C)(C)C. The first-order valence-corrected chi connectivity index (χ1v) is 12.5. The Kier molecular flexibility index (Phi) is 10.1. The molecule has 2 amide bonds. The van der Waals surface area contributed by atoms with Crippen LogP contribution in [0.15, 0.2) is 30.3 Å². The molecule has 1 saturated heterocycles. The van der Waals surface area contributed by atoms with E-state index < -0.39 is 11.6 Å². The molecule has 0 radical (unpaired) electrons. The van der Waals surface area contributed by atoms with E-state index >= 15 is 0 Å². The van der Waals surface area contributed by atoms with Crippen molar-refractivity contribution in [1.29, 1.82) is 0 Å². The number of hydrogen-bond acceptors (Lipinski definition) is 5. The number of likely N-dealkylation sites (tertiary alicyclic amines) is 1. The zero-order valence-corrected chi connectivity index (χ0v) is 21.9. The topological polar surface area (TPSA) is 87.7 Å². The lowest BCUT2D eigenvalue weighted by molar-refractivity contribution is -0.161. The quantitative estimate of drug-likeness (QED) is 0.508. The van der Waals surface area contributed by atoms with Gasteiger partial charge in [0.05, 0.1) is 0 Å². The Balaban J connectivity index is 2.47. The fraction of sp³-hybridized carbons (Fsp3) is 0.667. The largest absolute Gasteiger partial charge is 0.459 e. The molecule has 5 atom stereocenters. The van der Waals surface area contributed by atoms with E-state index in [1.165, 1.54) is 19.4 Å². The normalized spacial score (nSPS) is 21.4. The van der Waals surface area contributed by atoms with Crippen LogP contribution >= 0.6 is 0 Å². The molecule has 190 valence electrons. The maximum atomic E-state index is 13.3. The van der Waals surface area contributed by atoms with E-state index in [4.69, 9.17) is 4.74 Å². The van der Waals surface area contributed by atoms with Gasteiger partial charge in [0.1, 0.15) is 11.6 Å². The summed E-state index contributed by atoms with van der Waals surface area (Å²) in [5.41, 5.74) is 0.574. The Hall–Kier alpha value is -2.41. The van der Waals surface area contributed by atoms with Gasteiger partial charge in [-0.05, 0) is 58.4 Å². The van der Waals surface area contributed by atoms with Crippen molar-refractivity contribution < 1.29 is 19.1 Å². The molecule has 1 aliphatic heterocycles. The van der Waals surface area contributed by atoms with Gasteiger partial charge in [0.15, 0.2) is 0 Å². The fourth-order valence-electron chi connectivity index (χ4n) is 5.13. The van der Waals surface area contributed by atoms with Gasteiger partial charge in [-0.25, -0.2) is 0 Å². The third kappa shape index (κ3) is 8.42. The molecule has 0 bridgehead atoms. The number of nitrogens with one attached hydrogen (secondary N) is 2. The average molecular weight is 474 g/mol. The van der Waals surface area contributed by atoms with E-state index in [1.807, 2.05) is 45.9 Å². The lowest BCUT2D eigenvalue weighted by Gasteiger charge is -2.41. The Morgan fingerprint density at radius 3 is 2.29 bits per heavy atom. The van der Waals surface area contributed by atoms with Gasteiger partial charge in [0.25, 0.3) is 0 Å². The molecule has 0 aliphatic carbocycles. The smallest absolute Gasteiger partial charge is 0.323 e. The Labute approximate surface area is 205 Å². The van der Waals surface area contributed by atoms with Gasteiger partial charge in [0, 0.05) is 38.5 Å². The molecule has 34 heavy (non-hydrogen) atoms. The lowest BCUT2D eigenvalue weighted by Crippen LogP contribution is -2.54. The summed E-state index contributed by atoms with van der Waals surface area (Å²) in [5.74, 6) is -0.310. The van der Waals surface area contributed by atoms with Gasteiger partial charge in [0.2, 0.25) is 11.8 Å². The predicted molar refractivity (Wildman–Crippen MR) is 134 cm³/mol. The first kappa shape index (κ1) is 27.8. The summed E-state index contributed by atoms with van der Waals surface area (Å²) in [6.07, 6.45) is 3.11. The molecule has 7 nitrogen and oxygen atoms in total. The molecular formula is C27H43N3O4. The Bertz CT molecular complexity index is 821. The average Bonchev–Trinajstić information content (AvgIpc) is 3.12. The van der Waals surface area contributed by atoms with Gasteiger partial charge in [-0.2, -0.15) is 0 Å². The zero-order valence-electron chi connectivity index (χ0n) is 21.9. The first-order chi connectivity index (χ1) is 15.9. The third-order valence-electron chi connectivity index (χ3n) is 6.33. The molecule has 1 fully saturated rings. The summed E-state index contributed by atoms with van der Waals surface area (Å²) < 4.78 is 5.81. The zero-order chi connectivity index (χ0) is 25.5. The highest BCUT2D eigenvalue weighted by molar-refractivity contribution is 5.78. The van der Waals surface area contributed by atoms with E-state index in [1.54, 1.807) is 0 Å². The number of nitrogens with zero attached hydrogens (tertiary/aromatic N) is 1. The maximum Gasteiger partial charge on any atom is 0.323 e. The molecule has 2 N–H and O–H groups in total. The van der Waals surface area contributed by atoms with Crippen LogP contribution in [-0.2, 0) is 25.5 Å². The molecular weight excluding hydrogens is 430 g/mol. The summed E-state index contributed by atoms with van der Waals surface area (Å²) in [5, 5.41) is 6.10. The molecule has 7 heteroatoms. The summed E-state index contributed by atoms with van der Waals surface area (Å²) in [6, 6.07) is 9.56. The van der Waals surface area contributed by atoms with E-state index in [-0.39, 0.29) is 41.8 Å². The number of hydrogen-bond donors (Lipinski definition) is 2. The van der Waals surface area contributed by atoms with Crippen LogP contribution in [0.1, 0.15) is 73.3 Å². The highest BCUT2D eigenvalue weighted by Gasteiger charge is 2.45. The van der Waals surface area contributed by atoms with Crippen molar-refractivity contribution in [3.05, 3.63) is 35.9 Å². The summed E-state index contributed by atoms with van der Waals surface area (Å²) in [4.78, 5) is 39.3. The molecule has 2 rings (SSSR count). The Morgan fingerprint density at radius 1 is 1.12 bits per heavy atom. The summed E-state index contributed by atoms with van der Waals surface area (Å²) in [6.45, 7) is 13.4. The molecule has 0 saturated carbocycles. The monoisotopic (exact) mass is 473 g/mol. The fourth-order valence-corrected chi connectivity index (χ4v) is 5.13. The summed E-state index contributed by atoms with van der Waals surface area (Å²) >= 11 is 0. The summed E-state index contributed by atoms with van der Waals surface area (Å²) in [7, 11) is 0. The van der Waals surface area contributed by atoms with Gasteiger partial charge in [-0.1, -0.05) is 43.7 Å². The maximum absolute atomic E-state index is 13.3. The standard InChI is InChI=1S/C27H43N3O4/c1-8-12-23(18(2)28-19(3)31)24(15-21-13-10-9-11-14-21)30-17-22(29-20(4)32)16-25(30)26(33)34-27(5,6)7/h9-11,13-14,18,22-25H,8,12,15-17H2,1-7H3,(H,28,31)(H,29,32)/t18?,22?,23-,24-,25?/m0/s1. The van der Waals surface area contributed by atoms with Crippen LogP contribution < -0.4 is 10.6 Å². The van der Waals surface area contributed by atoms with Crippen molar-refractivity contribution in [2.45, 2.75) is 104 Å². The second-order valence-electron chi connectivity index (χ2n) is 10.6. The van der Waals surface area contributed by atoms with Crippen LogP contribution in [0.2, 0.25) is 0 Å². The number of rotatable bonds is 10. The number of esters is 1. The molecule has 0 aromatic heterocycles. The van der Waals surface area contributed by atoms with Crippen molar-refractivity contribution in [2.24, 2.45) is 5.92 Å². The molecule has 3 unspecified atom stereocenters. The first-order valence-electron chi connectivity index (χ1n) is 12.5. The van der Waals surface area contributed by atoms with Gasteiger partial charge < -0.3 is 15.4 Å². The minimum Gasteiger partial charge on any atom is -0.459 e. The van der Waals surface area contributed by atoms with Crippen molar-refractivity contribution >= 4 is 17.8 Å². The van der Waals surface area contributed by atoms with Crippen LogP contribution in [0, 0.1) is 5.92 Å². The number of carbonyl (C=O) groups is 3. The van der Waals surface area contributed by atoms with E-state index in [2.05, 4.69) is 34.6 Å². The van der Waals surface area contributed by atoms with E-state index in [9.17, 15) is 14.4 Å². The van der Waals surface area contributed by atoms with Crippen LogP contribution in [0.25, 0.3) is 0 Å². The molecule has 1 heterocycles. The number of carbonyl (C=O) groups excluding carboxylic acids is 3. The van der Waals surface area contributed by atoms with Crippen LogP contribution in [0.3, 0.4) is 0 Å². The molecule has 1 aliphatic rings. The van der Waals surface area contributed by atoms with Gasteiger partial charge in [-0.3, -0.25) is 19.3 Å². The van der Waals surface area contributed by atoms with Crippen molar-refractivity contribution in [2.75, 3.05) is 6.54 Å². The molecule has 0 spiro atoms. The van der Waals surface area contributed by atoms with Gasteiger partial charge in [-0.15, -0.1) is 0 Å². The second-order valence-corrected chi connectivity index (χ2v) is 10.6. The number of benzene rings is 1. The second kappa shape index (κ2) is 12.3. The number of amides is 2. The number of ether oxygens (including phenoxy) is 1. The Morgan fingerprint density at radius 2 is 1.76 bits per heavy atom. The van der Waals surface area contributed by atoms with Gasteiger partial charge >= 0.3 is 5.97 Å².